The molecule has 4 rings (SSSR count). The number of carbonyl (C=O) groups is 1. The van der Waals surface area contributed by atoms with Crippen molar-refractivity contribution in [3.63, 3.8) is 0 Å². The molecule has 0 saturated heterocycles. The van der Waals surface area contributed by atoms with Crippen LogP contribution in [0, 0.1) is 17.3 Å². The molecule has 0 saturated carbocycles. The predicted molar refractivity (Wildman–Crippen MR) is 139 cm³/mol. The highest BCUT2D eigenvalue weighted by molar-refractivity contribution is 5.99. The molecule has 1 aromatic rings. The summed E-state index contributed by atoms with van der Waals surface area (Å²) >= 11 is 0. The fourth-order valence-electron chi connectivity index (χ4n) is 5.86. The first-order valence-corrected chi connectivity index (χ1v) is 12.6. The summed E-state index contributed by atoms with van der Waals surface area (Å²) in [5.41, 5.74) is 7.19. The lowest BCUT2D eigenvalue weighted by Gasteiger charge is -2.37. The lowest BCUT2D eigenvalue weighted by atomic mass is 9.67. The van der Waals surface area contributed by atoms with Crippen molar-refractivity contribution >= 4 is 23.4 Å². The van der Waals surface area contributed by atoms with Crippen LogP contribution in [0.4, 0.5) is 5.69 Å². The van der Waals surface area contributed by atoms with E-state index in [1.807, 2.05) is 6.21 Å². The molecule has 3 heterocycles. The lowest BCUT2D eigenvalue weighted by Crippen LogP contribution is -2.34. The third-order valence-electron chi connectivity index (χ3n) is 7.63. The Labute approximate surface area is 199 Å². The van der Waals surface area contributed by atoms with E-state index in [1.54, 1.807) is 0 Å². The average molecular weight is 446 g/mol. The number of anilines is 1. The van der Waals surface area contributed by atoms with Crippen molar-refractivity contribution in [3.05, 3.63) is 52.9 Å². The van der Waals surface area contributed by atoms with E-state index in [2.05, 4.69) is 83.7 Å². The highest BCUT2D eigenvalue weighted by atomic mass is 16.1. The minimum absolute atomic E-state index is 0.00196. The van der Waals surface area contributed by atoms with Crippen molar-refractivity contribution in [2.75, 3.05) is 11.4 Å². The summed E-state index contributed by atoms with van der Waals surface area (Å²) in [6.07, 6.45) is 7.24. The van der Waals surface area contributed by atoms with Gasteiger partial charge in [-0.2, -0.15) is 0 Å². The summed E-state index contributed by atoms with van der Waals surface area (Å²) in [5.74, 6) is 0.662. The quantitative estimate of drug-likeness (QED) is 0.487. The van der Waals surface area contributed by atoms with Crippen LogP contribution in [0.15, 0.2) is 57.3 Å². The monoisotopic (exact) mass is 445 g/mol. The van der Waals surface area contributed by atoms with Crippen LogP contribution in [0.5, 0.6) is 0 Å². The van der Waals surface area contributed by atoms with E-state index < -0.39 is 0 Å². The fraction of sp³-hybridized carbons (Fsp3) is 0.552. The normalized spacial score (nSPS) is 22.9. The van der Waals surface area contributed by atoms with Gasteiger partial charge in [0.15, 0.2) is 0 Å². The van der Waals surface area contributed by atoms with Gasteiger partial charge in [0.2, 0.25) is 0 Å². The molecule has 0 radical (unpaired) electrons. The highest BCUT2D eigenvalue weighted by Gasteiger charge is 2.36. The molecule has 0 fully saturated rings. The van der Waals surface area contributed by atoms with Gasteiger partial charge in [0.25, 0.3) is 0 Å². The lowest BCUT2D eigenvalue weighted by molar-refractivity contribution is -0.127. The zero-order chi connectivity index (χ0) is 23.9. The van der Waals surface area contributed by atoms with Gasteiger partial charge in [-0.1, -0.05) is 53.7 Å². The first-order valence-electron chi connectivity index (χ1n) is 12.6. The maximum atomic E-state index is 13.1. The van der Waals surface area contributed by atoms with Crippen LogP contribution in [-0.2, 0) is 4.79 Å². The maximum absolute atomic E-state index is 13.1. The summed E-state index contributed by atoms with van der Waals surface area (Å²) in [4.78, 5) is 25.0. The van der Waals surface area contributed by atoms with E-state index in [0.29, 0.717) is 5.78 Å². The van der Waals surface area contributed by atoms with Gasteiger partial charge in [-0.25, -0.2) is 0 Å². The smallest absolute Gasteiger partial charge is 0.139 e. The maximum Gasteiger partial charge on any atom is 0.139 e. The molecule has 1 aromatic carbocycles. The molecule has 0 aliphatic carbocycles. The van der Waals surface area contributed by atoms with E-state index in [4.69, 9.17) is 9.98 Å². The van der Waals surface area contributed by atoms with Crippen LogP contribution in [0.3, 0.4) is 0 Å². The summed E-state index contributed by atoms with van der Waals surface area (Å²) in [5, 5.41) is 0. The molecule has 3 unspecified atom stereocenters. The Bertz CT molecular complexity index is 1040. The third-order valence-corrected chi connectivity index (χ3v) is 7.63. The minimum atomic E-state index is -0.00532. The van der Waals surface area contributed by atoms with Crippen LogP contribution < -0.4 is 4.90 Å². The van der Waals surface area contributed by atoms with Gasteiger partial charge >= 0.3 is 0 Å². The Kier molecular flexibility index (Phi) is 6.48. The summed E-state index contributed by atoms with van der Waals surface area (Å²) in [7, 11) is 0. The van der Waals surface area contributed by atoms with Crippen LogP contribution in [0.2, 0.25) is 0 Å². The molecule has 4 nitrogen and oxygen atoms in total. The SMILES string of the molecule is CCC(C)C(=O)C(C)[C@@H](c1ccc(N2CCCC3=C2C=NC2=CC(C)=NC23)cc1)C(C)(C)C. The van der Waals surface area contributed by atoms with E-state index in [9.17, 15) is 4.79 Å². The van der Waals surface area contributed by atoms with Crippen molar-refractivity contribution in [3.8, 4) is 0 Å². The van der Waals surface area contributed by atoms with Gasteiger partial charge in [0, 0.05) is 29.8 Å². The van der Waals surface area contributed by atoms with Crippen molar-refractivity contribution in [2.24, 2.45) is 27.2 Å². The first-order chi connectivity index (χ1) is 15.6. The molecule has 0 spiro atoms. The number of hydrogen-bond donors (Lipinski definition) is 0. The van der Waals surface area contributed by atoms with Crippen molar-refractivity contribution in [2.45, 2.75) is 79.7 Å². The van der Waals surface area contributed by atoms with Gasteiger partial charge in [-0.3, -0.25) is 14.8 Å². The second kappa shape index (κ2) is 9.04. The fourth-order valence-corrected chi connectivity index (χ4v) is 5.86. The molecular weight excluding hydrogens is 406 g/mol. The molecule has 4 atom stereocenters. The molecule has 0 bridgehead atoms. The standard InChI is InChI=1S/C29H39N3O/c1-8-18(2)28(33)20(4)26(29(5,6)7)21-11-13-22(14-12-21)32-15-9-10-23-25(32)17-30-24-16-19(3)31-27(23)24/h11-14,16-18,20,26-27H,8-10,15H2,1-7H3/t18?,20?,26-,27?/m0/s1. The molecule has 0 N–H and O–H groups in total. The number of dihydropyridines is 1. The predicted octanol–water partition coefficient (Wildman–Crippen LogP) is 6.73. The molecule has 176 valence electrons. The van der Waals surface area contributed by atoms with Gasteiger partial charge < -0.3 is 4.90 Å². The molecule has 0 aromatic heterocycles. The number of hydrogen-bond acceptors (Lipinski definition) is 4. The van der Waals surface area contributed by atoms with Crippen LogP contribution in [0.25, 0.3) is 0 Å². The van der Waals surface area contributed by atoms with Gasteiger partial charge in [-0.15, -0.1) is 0 Å². The number of carbonyl (C=O) groups excluding carboxylic acids is 1. The number of Topliss-reactive ketones (excluding diaryl/α,β-unsaturated/α-hetero) is 1. The zero-order valence-corrected chi connectivity index (χ0v) is 21.4. The largest absolute Gasteiger partial charge is 0.340 e. The van der Waals surface area contributed by atoms with Crippen LogP contribution in [-0.4, -0.2) is 30.3 Å². The molecule has 4 heteroatoms. The zero-order valence-electron chi connectivity index (χ0n) is 21.4. The van der Waals surface area contributed by atoms with Crippen molar-refractivity contribution in [1.82, 2.24) is 0 Å². The number of aliphatic imine (C=N–C) groups is 2. The summed E-state index contributed by atoms with van der Waals surface area (Å²) < 4.78 is 0. The highest BCUT2D eigenvalue weighted by Crippen LogP contribution is 2.43. The molecule has 0 amide bonds. The van der Waals surface area contributed by atoms with E-state index >= 15 is 0 Å². The molecule has 3 aliphatic heterocycles. The van der Waals surface area contributed by atoms with E-state index in [1.165, 1.54) is 22.5 Å². The molecular formula is C29H39N3O. The number of allylic oxidation sites excluding steroid dienone is 2. The summed E-state index contributed by atoms with van der Waals surface area (Å²) in [6.45, 7) is 16.1. The molecule has 3 aliphatic rings. The number of fused-ring (bicyclic) bond motifs is 2. The topological polar surface area (TPSA) is 45.0 Å². The number of benzene rings is 1. The second-order valence-corrected chi connectivity index (χ2v) is 11.1. The Hall–Kier alpha value is -2.49. The van der Waals surface area contributed by atoms with E-state index in [-0.39, 0.29) is 29.2 Å². The van der Waals surface area contributed by atoms with Crippen LogP contribution >= 0.6 is 0 Å². The van der Waals surface area contributed by atoms with Gasteiger partial charge in [-0.05, 0) is 66.9 Å². The number of rotatable bonds is 6. The minimum Gasteiger partial charge on any atom is -0.340 e. The Morgan fingerprint density at radius 3 is 2.52 bits per heavy atom. The third kappa shape index (κ3) is 4.49. The van der Waals surface area contributed by atoms with E-state index in [0.717, 1.165) is 37.2 Å². The van der Waals surface area contributed by atoms with Crippen molar-refractivity contribution in [1.29, 1.82) is 0 Å². The van der Waals surface area contributed by atoms with Gasteiger partial charge in [0.1, 0.15) is 11.8 Å². The first kappa shape index (κ1) is 23.7. The second-order valence-electron chi connectivity index (χ2n) is 11.1. The van der Waals surface area contributed by atoms with Crippen LogP contribution in [0.1, 0.15) is 79.2 Å². The van der Waals surface area contributed by atoms with Gasteiger partial charge in [0.05, 0.1) is 17.6 Å². The Balaban J connectivity index is 1.63. The molecule has 33 heavy (non-hydrogen) atoms. The number of nitrogens with zero attached hydrogens (tertiary/aromatic N) is 3. The summed E-state index contributed by atoms with van der Waals surface area (Å²) in [6, 6.07) is 9.04. The Morgan fingerprint density at radius 1 is 1.18 bits per heavy atom. The average Bonchev–Trinajstić information content (AvgIpc) is 3.18. The number of ketones is 1. The van der Waals surface area contributed by atoms with Crippen molar-refractivity contribution < 1.29 is 4.79 Å². The Morgan fingerprint density at radius 2 is 1.88 bits per heavy atom.